The number of nitrogens with zero attached hydrogens (tertiary/aromatic N) is 2. The minimum atomic E-state index is -0.431. The van der Waals surface area contributed by atoms with Crippen LogP contribution in [0.1, 0.15) is 34.6 Å². The zero-order chi connectivity index (χ0) is 18.3. The fourth-order valence-corrected chi connectivity index (χ4v) is 3.36. The first kappa shape index (κ1) is 20.4. The van der Waals surface area contributed by atoms with E-state index in [-0.39, 0.29) is 16.8 Å². The van der Waals surface area contributed by atoms with Crippen molar-refractivity contribution in [3.8, 4) is 0 Å². The summed E-state index contributed by atoms with van der Waals surface area (Å²) in [7, 11) is 0. The van der Waals surface area contributed by atoms with E-state index in [1.807, 2.05) is 6.92 Å². The van der Waals surface area contributed by atoms with E-state index in [1.165, 1.54) is 23.9 Å². The largest absolute Gasteiger partial charge is 0.354 e. The Hall–Kier alpha value is -1.60. The third-order valence-corrected chi connectivity index (χ3v) is 4.84. The van der Waals surface area contributed by atoms with Gasteiger partial charge in [0.15, 0.2) is 0 Å². The number of nitro benzene ring substituents is 1. The Labute approximate surface area is 148 Å². The van der Waals surface area contributed by atoms with Gasteiger partial charge in [0.25, 0.3) is 5.69 Å². The molecule has 1 aromatic rings. The molecule has 0 heterocycles. The third kappa shape index (κ3) is 6.49. The number of hydrogen-bond donors (Lipinski definition) is 1. The van der Waals surface area contributed by atoms with Crippen LogP contribution in [0.3, 0.4) is 0 Å². The number of thioether (sulfide) groups is 1. The lowest BCUT2D eigenvalue weighted by Gasteiger charge is -2.30. The Morgan fingerprint density at radius 3 is 2.17 bits per heavy atom. The van der Waals surface area contributed by atoms with E-state index in [4.69, 9.17) is 0 Å². The van der Waals surface area contributed by atoms with Crippen LogP contribution in [0.15, 0.2) is 29.2 Å². The van der Waals surface area contributed by atoms with Gasteiger partial charge in [-0.25, -0.2) is 0 Å². The van der Waals surface area contributed by atoms with Gasteiger partial charge in [-0.1, -0.05) is 0 Å². The molecule has 0 aliphatic heterocycles. The molecule has 134 valence electrons. The van der Waals surface area contributed by atoms with E-state index in [9.17, 15) is 14.9 Å². The quantitative estimate of drug-likeness (QED) is 0.419. The number of carbonyl (C=O) groups is 1. The predicted molar refractivity (Wildman–Crippen MR) is 98.4 cm³/mol. The maximum absolute atomic E-state index is 12.2. The predicted octanol–water partition coefficient (Wildman–Crippen LogP) is 3.31. The highest BCUT2D eigenvalue weighted by Gasteiger charge is 2.17. The van der Waals surface area contributed by atoms with Gasteiger partial charge in [0.2, 0.25) is 5.91 Å². The maximum Gasteiger partial charge on any atom is 0.269 e. The fourth-order valence-electron chi connectivity index (χ4n) is 2.47. The Balaban J connectivity index is 2.46. The van der Waals surface area contributed by atoms with Crippen LogP contribution >= 0.6 is 11.8 Å². The van der Waals surface area contributed by atoms with E-state index in [2.05, 4.69) is 37.9 Å². The molecule has 0 aliphatic carbocycles. The van der Waals surface area contributed by atoms with Crippen molar-refractivity contribution in [2.75, 3.05) is 13.1 Å². The molecular weight excluding hydrogens is 326 g/mol. The molecule has 24 heavy (non-hydrogen) atoms. The number of amides is 1. The zero-order valence-corrected chi connectivity index (χ0v) is 15.8. The number of nitro groups is 1. The van der Waals surface area contributed by atoms with Crippen molar-refractivity contribution in [1.29, 1.82) is 0 Å². The van der Waals surface area contributed by atoms with Crippen LogP contribution in [0, 0.1) is 10.1 Å². The topological polar surface area (TPSA) is 75.5 Å². The molecule has 0 aromatic heterocycles. The van der Waals surface area contributed by atoms with Crippen molar-refractivity contribution in [1.82, 2.24) is 10.2 Å². The van der Waals surface area contributed by atoms with Crippen molar-refractivity contribution < 1.29 is 9.72 Å². The Bertz CT molecular complexity index is 539. The maximum atomic E-state index is 12.2. The van der Waals surface area contributed by atoms with Crippen LogP contribution in [0.2, 0.25) is 0 Å². The fraction of sp³-hybridized carbons (Fsp3) is 0.588. The molecule has 0 radical (unpaired) electrons. The average molecular weight is 353 g/mol. The van der Waals surface area contributed by atoms with Crippen molar-refractivity contribution in [3.63, 3.8) is 0 Å². The van der Waals surface area contributed by atoms with Crippen LogP contribution in [-0.4, -0.2) is 46.2 Å². The summed E-state index contributed by atoms with van der Waals surface area (Å²) in [6.07, 6.45) is 0. The minimum absolute atomic E-state index is 0.0224. The summed E-state index contributed by atoms with van der Waals surface area (Å²) >= 11 is 1.40. The number of rotatable bonds is 9. The van der Waals surface area contributed by atoms with E-state index in [0.29, 0.717) is 18.6 Å². The summed E-state index contributed by atoms with van der Waals surface area (Å²) in [5.41, 5.74) is 0.0546. The highest BCUT2D eigenvalue weighted by molar-refractivity contribution is 8.00. The van der Waals surface area contributed by atoms with Gasteiger partial charge in [-0.05, 0) is 46.8 Å². The first-order valence-electron chi connectivity index (χ1n) is 8.17. The van der Waals surface area contributed by atoms with E-state index in [1.54, 1.807) is 12.1 Å². The van der Waals surface area contributed by atoms with Gasteiger partial charge in [-0.15, -0.1) is 11.8 Å². The second-order valence-corrected chi connectivity index (χ2v) is 7.64. The van der Waals surface area contributed by atoms with Gasteiger partial charge in [0, 0.05) is 42.2 Å². The number of nitrogens with one attached hydrogen (secondary N) is 1. The van der Waals surface area contributed by atoms with E-state index in [0.717, 1.165) is 11.4 Å². The lowest BCUT2D eigenvalue weighted by Crippen LogP contribution is -2.43. The monoisotopic (exact) mass is 353 g/mol. The lowest BCUT2D eigenvalue weighted by molar-refractivity contribution is -0.384. The summed E-state index contributed by atoms with van der Waals surface area (Å²) < 4.78 is 0. The number of hydrogen-bond acceptors (Lipinski definition) is 5. The third-order valence-electron chi connectivity index (χ3n) is 3.73. The molecule has 7 heteroatoms. The second-order valence-electron chi connectivity index (χ2n) is 6.23. The molecule has 0 saturated carbocycles. The molecule has 1 rings (SSSR count). The summed E-state index contributed by atoms with van der Waals surface area (Å²) in [6.45, 7) is 11.9. The van der Waals surface area contributed by atoms with Crippen molar-refractivity contribution in [3.05, 3.63) is 34.4 Å². The molecule has 1 atom stereocenters. The number of carbonyl (C=O) groups excluding carboxylic acids is 1. The molecule has 1 aromatic carbocycles. The molecule has 1 unspecified atom stereocenters. The Kier molecular flexibility index (Phi) is 8.21. The van der Waals surface area contributed by atoms with Gasteiger partial charge < -0.3 is 5.32 Å². The van der Waals surface area contributed by atoms with Crippen LogP contribution in [0.4, 0.5) is 5.69 Å². The molecule has 1 amide bonds. The van der Waals surface area contributed by atoms with Crippen LogP contribution in [0.25, 0.3) is 0 Å². The highest BCUT2D eigenvalue weighted by atomic mass is 32.2. The van der Waals surface area contributed by atoms with Crippen molar-refractivity contribution >= 4 is 23.4 Å². The first-order valence-corrected chi connectivity index (χ1v) is 9.05. The van der Waals surface area contributed by atoms with Crippen LogP contribution < -0.4 is 5.32 Å². The number of benzene rings is 1. The Morgan fingerprint density at radius 1 is 1.17 bits per heavy atom. The highest BCUT2D eigenvalue weighted by Crippen LogP contribution is 2.25. The summed E-state index contributed by atoms with van der Waals surface area (Å²) in [4.78, 5) is 25.6. The average Bonchev–Trinajstić information content (AvgIpc) is 2.50. The molecular formula is C17H27N3O3S. The van der Waals surface area contributed by atoms with E-state index >= 15 is 0 Å². The first-order chi connectivity index (χ1) is 11.2. The zero-order valence-electron chi connectivity index (χ0n) is 15.0. The van der Waals surface area contributed by atoms with Gasteiger partial charge >= 0.3 is 0 Å². The number of non-ortho nitro benzene ring substituents is 1. The molecule has 0 spiro atoms. The molecule has 0 fully saturated rings. The van der Waals surface area contributed by atoms with Crippen molar-refractivity contribution in [2.45, 2.75) is 56.8 Å². The smallest absolute Gasteiger partial charge is 0.269 e. The minimum Gasteiger partial charge on any atom is -0.354 e. The Morgan fingerprint density at radius 2 is 1.71 bits per heavy atom. The van der Waals surface area contributed by atoms with Gasteiger partial charge in [-0.3, -0.25) is 19.8 Å². The van der Waals surface area contributed by atoms with Crippen LogP contribution in [-0.2, 0) is 4.79 Å². The molecule has 1 N–H and O–H groups in total. The van der Waals surface area contributed by atoms with Gasteiger partial charge in [-0.2, -0.15) is 0 Å². The van der Waals surface area contributed by atoms with Crippen LogP contribution in [0.5, 0.6) is 0 Å². The standard InChI is InChI=1S/C17H27N3O3S/c1-12(2)19(13(3)4)11-10-18-17(21)14(5)24-16-8-6-15(7-9-16)20(22)23/h6-9,12-14H,10-11H2,1-5H3,(H,18,21). The molecule has 0 aliphatic rings. The molecule has 0 bridgehead atoms. The summed E-state index contributed by atoms with van der Waals surface area (Å²) in [5.74, 6) is -0.0224. The van der Waals surface area contributed by atoms with E-state index < -0.39 is 4.92 Å². The van der Waals surface area contributed by atoms with Crippen molar-refractivity contribution in [2.24, 2.45) is 0 Å². The van der Waals surface area contributed by atoms with Gasteiger partial charge in [0.05, 0.1) is 10.2 Å². The normalized spacial score (nSPS) is 12.7. The lowest BCUT2D eigenvalue weighted by atomic mass is 10.2. The summed E-state index contributed by atoms with van der Waals surface area (Å²) in [5, 5.41) is 13.4. The second kappa shape index (κ2) is 9.64. The SMILES string of the molecule is CC(Sc1ccc([N+](=O)[O-])cc1)C(=O)NCCN(C(C)C)C(C)C. The van der Waals surface area contributed by atoms with Gasteiger partial charge in [0.1, 0.15) is 0 Å². The summed E-state index contributed by atoms with van der Waals surface area (Å²) in [6, 6.07) is 7.13. The molecule has 6 nitrogen and oxygen atoms in total. The molecule has 0 saturated heterocycles.